The van der Waals surface area contributed by atoms with E-state index < -0.39 is 12.6 Å². The number of nitrogens with zero attached hydrogens (tertiary/aromatic N) is 2. The average Bonchev–Trinajstić information content (AvgIpc) is 2.65. The fraction of sp³-hybridized carbons (Fsp3) is 0.778. The summed E-state index contributed by atoms with van der Waals surface area (Å²) in [4.78, 5) is 3.78. The summed E-state index contributed by atoms with van der Waals surface area (Å²) in [6.07, 6.45) is -3.56. The van der Waals surface area contributed by atoms with Gasteiger partial charge < -0.3 is 9.84 Å². The molecular weight excluding hydrogens is 223 g/mol. The Labute approximate surface area is 90.2 Å². The highest BCUT2D eigenvalue weighted by molar-refractivity contribution is 4.97. The molecule has 1 aliphatic heterocycles. The third kappa shape index (κ3) is 2.94. The SMILES string of the molecule is FC(F)(F)Cc1noc([C@H]2CCCNC2)n1. The number of hydrogen-bond donors (Lipinski definition) is 1. The van der Waals surface area contributed by atoms with Gasteiger partial charge in [-0.3, -0.25) is 0 Å². The normalized spacial score (nSPS) is 22.3. The smallest absolute Gasteiger partial charge is 0.339 e. The zero-order chi connectivity index (χ0) is 11.6. The van der Waals surface area contributed by atoms with E-state index in [9.17, 15) is 13.2 Å². The minimum Gasteiger partial charge on any atom is -0.339 e. The Morgan fingerprint density at radius 2 is 2.25 bits per heavy atom. The molecule has 1 saturated heterocycles. The lowest BCUT2D eigenvalue weighted by atomic mass is 10.00. The minimum atomic E-state index is -4.29. The Hall–Kier alpha value is -1.11. The van der Waals surface area contributed by atoms with Crippen LogP contribution in [0.1, 0.15) is 30.5 Å². The van der Waals surface area contributed by atoms with Crippen molar-refractivity contribution in [3.8, 4) is 0 Å². The van der Waals surface area contributed by atoms with E-state index in [-0.39, 0.29) is 11.7 Å². The zero-order valence-corrected chi connectivity index (χ0v) is 8.55. The summed E-state index contributed by atoms with van der Waals surface area (Å²) in [7, 11) is 0. The van der Waals surface area contributed by atoms with E-state index in [1.54, 1.807) is 0 Å². The molecule has 1 aromatic heterocycles. The molecule has 0 spiro atoms. The maximum absolute atomic E-state index is 12.1. The summed E-state index contributed by atoms with van der Waals surface area (Å²) in [5.74, 6) is 0.0720. The number of nitrogens with one attached hydrogen (secondary N) is 1. The number of aromatic nitrogens is 2. The number of rotatable bonds is 2. The number of piperidine rings is 1. The van der Waals surface area contributed by atoms with E-state index in [2.05, 4.69) is 15.5 Å². The van der Waals surface area contributed by atoms with Crippen molar-refractivity contribution in [3.05, 3.63) is 11.7 Å². The molecule has 0 aromatic carbocycles. The van der Waals surface area contributed by atoms with Crippen molar-refractivity contribution < 1.29 is 17.7 Å². The molecular formula is C9H12F3N3O. The van der Waals surface area contributed by atoms with Crippen molar-refractivity contribution in [1.82, 2.24) is 15.5 Å². The van der Waals surface area contributed by atoms with Gasteiger partial charge >= 0.3 is 6.18 Å². The second-order valence-corrected chi connectivity index (χ2v) is 3.88. The predicted molar refractivity (Wildman–Crippen MR) is 48.9 cm³/mol. The van der Waals surface area contributed by atoms with Gasteiger partial charge in [-0.1, -0.05) is 5.16 Å². The molecule has 0 aliphatic carbocycles. The van der Waals surface area contributed by atoms with Gasteiger partial charge in [0, 0.05) is 6.54 Å². The lowest BCUT2D eigenvalue weighted by molar-refractivity contribution is -0.128. The predicted octanol–water partition coefficient (Wildman–Crippen LogP) is 1.64. The largest absolute Gasteiger partial charge is 0.396 e. The van der Waals surface area contributed by atoms with Gasteiger partial charge in [-0.15, -0.1) is 0 Å². The molecule has 1 aromatic rings. The highest BCUT2D eigenvalue weighted by atomic mass is 19.4. The minimum absolute atomic E-state index is 0.0447. The molecule has 16 heavy (non-hydrogen) atoms. The third-order valence-electron chi connectivity index (χ3n) is 2.49. The van der Waals surface area contributed by atoms with Crippen LogP contribution in [0.5, 0.6) is 0 Å². The maximum atomic E-state index is 12.1. The van der Waals surface area contributed by atoms with Crippen LogP contribution in [0.25, 0.3) is 0 Å². The Morgan fingerprint density at radius 3 is 2.88 bits per heavy atom. The first-order chi connectivity index (χ1) is 7.54. The Balaban J connectivity index is 2.01. The molecule has 0 amide bonds. The molecule has 0 saturated carbocycles. The van der Waals surface area contributed by atoms with E-state index >= 15 is 0 Å². The van der Waals surface area contributed by atoms with Crippen molar-refractivity contribution in [3.63, 3.8) is 0 Å². The van der Waals surface area contributed by atoms with Gasteiger partial charge in [0.25, 0.3) is 0 Å². The van der Waals surface area contributed by atoms with Crippen molar-refractivity contribution in [1.29, 1.82) is 0 Å². The fourth-order valence-corrected chi connectivity index (χ4v) is 1.75. The molecule has 0 radical (unpaired) electrons. The Bertz CT molecular complexity index is 344. The highest BCUT2D eigenvalue weighted by Crippen LogP contribution is 2.24. The molecule has 1 atom stereocenters. The monoisotopic (exact) mass is 235 g/mol. The van der Waals surface area contributed by atoms with Gasteiger partial charge in [0.1, 0.15) is 6.42 Å². The Kier molecular flexibility index (Phi) is 3.13. The van der Waals surface area contributed by atoms with Crippen LogP contribution in [0, 0.1) is 0 Å². The summed E-state index contributed by atoms with van der Waals surface area (Å²) < 4.78 is 41.0. The van der Waals surface area contributed by atoms with Crippen LogP contribution in [0.4, 0.5) is 13.2 Å². The first kappa shape index (κ1) is 11.4. The molecule has 2 rings (SSSR count). The van der Waals surface area contributed by atoms with Crippen molar-refractivity contribution >= 4 is 0 Å². The van der Waals surface area contributed by atoms with E-state index in [1.807, 2.05) is 0 Å². The standard InChI is InChI=1S/C9H12F3N3O/c10-9(11,12)4-7-14-8(16-15-7)6-2-1-3-13-5-6/h6,13H,1-5H2/t6-/m0/s1. The maximum Gasteiger partial charge on any atom is 0.396 e. The molecule has 7 heteroatoms. The van der Waals surface area contributed by atoms with Gasteiger partial charge in [-0.05, 0) is 19.4 Å². The molecule has 4 nitrogen and oxygen atoms in total. The Morgan fingerprint density at radius 1 is 1.44 bits per heavy atom. The van der Waals surface area contributed by atoms with Gasteiger partial charge in [-0.25, -0.2) is 0 Å². The van der Waals surface area contributed by atoms with E-state index in [0.717, 1.165) is 19.4 Å². The summed E-state index contributed by atoms with van der Waals surface area (Å²) in [5, 5.41) is 6.48. The summed E-state index contributed by atoms with van der Waals surface area (Å²) in [5.41, 5.74) is 0. The van der Waals surface area contributed by atoms with Crippen molar-refractivity contribution in [2.24, 2.45) is 0 Å². The number of halogens is 3. The summed E-state index contributed by atoms with van der Waals surface area (Å²) in [6.45, 7) is 1.62. The van der Waals surface area contributed by atoms with Crippen LogP contribution in [-0.2, 0) is 6.42 Å². The van der Waals surface area contributed by atoms with Crippen LogP contribution in [0.15, 0.2) is 4.52 Å². The molecule has 0 bridgehead atoms. The molecule has 90 valence electrons. The van der Waals surface area contributed by atoms with E-state index in [0.29, 0.717) is 12.4 Å². The molecule has 1 N–H and O–H groups in total. The van der Waals surface area contributed by atoms with Gasteiger partial charge in [-0.2, -0.15) is 18.2 Å². The highest BCUT2D eigenvalue weighted by Gasteiger charge is 2.31. The van der Waals surface area contributed by atoms with Gasteiger partial charge in [0.2, 0.25) is 5.89 Å². The molecule has 0 unspecified atom stereocenters. The van der Waals surface area contributed by atoms with Crippen LogP contribution >= 0.6 is 0 Å². The summed E-state index contributed by atoms with van der Waals surface area (Å²) >= 11 is 0. The number of hydrogen-bond acceptors (Lipinski definition) is 4. The van der Waals surface area contributed by atoms with Crippen LogP contribution in [0.2, 0.25) is 0 Å². The van der Waals surface area contributed by atoms with Gasteiger partial charge in [0.15, 0.2) is 5.82 Å². The topological polar surface area (TPSA) is 51.0 Å². The fourth-order valence-electron chi connectivity index (χ4n) is 1.75. The number of alkyl halides is 3. The second kappa shape index (κ2) is 4.40. The molecule has 2 heterocycles. The first-order valence-corrected chi connectivity index (χ1v) is 5.14. The van der Waals surface area contributed by atoms with Crippen LogP contribution < -0.4 is 5.32 Å². The summed E-state index contributed by atoms with van der Waals surface area (Å²) in [6, 6.07) is 0. The molecule has 1 aliphatic rings. The van der Waals surface area contributed by atoms with E-state index in [4.69, 9.17) is 4.52 Å². The first-order valence-electron chi connectivity index (χ1n) is 5.14. The lowest BCUT2D eigenvalue weighted by Gasteiger charge is -2.18. The van der Waals surface area contributed by atoms with E-state index in [1.165, 1.54) is 0 Å². The second-order valence-electron chi connectivity index (χ2n) is 3.88. The zero-order valence-electron chi connectivity index (χ0n) is 8.55. The third-order valence-corrected chi connectivity index (χ3v) is 2.49. The van der Waals surface area contributed by atoms with Crippen LogP contribution in [0.3, 0.4) is 0 Å². The van der Waals surface area contributed by atoms with Gasteiger partial charge in [0.05, 0.1) is 5.92 Å². The average molecular weight is 235 g/mol. The van der Waals surface area contributed by atoms with Crippen molar-refractivity contribution in [2.45, 2.75) is 31.4 Å². The lowest BCUT2D eigenvalue weighted by Crippen LogP contribution is -2.28. The van der Waals surface area contributed by atoms with Crippen LogP contribution in [-0.4, -0.2) is 29.4 Å². The van der Waals surface area contributed by atoms with Crippen molar-refractivity contribution in [2.75, 3.05) is 13.1 Å². The quantitative estimate of drug-likeness (QED) is 0.846. The molecule has 1 fully saturated rings.